The van der Waals surface area contributed by atoms with E-state index in [4.69, 9.17) is 11.6 Å². The lowest BCUT2D eigenvalue weighted by Crippen LogP contribution is -2.23. The van der Waals surface area contributed by atoms with E-state index in [1.165, 1.54) is 6.07 Å². The van der Waals surface area contributed by atoms with E-state index in [2.05, 4.69) is 15.0 Å². The predicted octanol–water partition coefficient (Wildman–Crippen LogP) is 2.29. The number of hydrogen-bond acceptors (Lipinski definition) is 4. The van der Waals surface area contributed by atoms with Crippen LogP contribution in [-0.4, -0.2) is 30.0 Å². The van der Waals surface area contributed by atoms with E-state index in [1.807, 2.05) is 0 Å². The Kier molecular flexibility index (Phi) is 4.65. The van der Waals surface area contributed by atoms with Crippen LogP contribution < -0.4 is 10.0 Å². The maximum atomic E-state index is 12.3. The first-order valence-electron chi connectivity index (χ1n) is 7.29. The highest BCUT2D eigenvalue weighted by Crippen LogP contribution is 2.13. The normalized spacial score (nSPS) is 11.4. The highest BCUT2D eigenvalue weighted by Gasteiger charge is 2.09. The number of hydrogen-bond donors (Lipinski definition) is 2. The molecule has 25 heavy (non-hydrogen) atoms. The Balaban J connectivity index is 1.70. The third kappa shape index (κ3) is 4.49. The number of imidazole rings is 1. The molecule has 0 fully saturated rings. The van der Waals surface area contributed by atoms with Crippen LogP contribution in [0.2, 0.25) is 5.02 Å². The summed E-state index contributed by atoms with van der Waals surface area (Å²) < 4.78 is 26.7. The number of amides is 1. The first kappa shape index (κ1) is 17.2. The number of anilines is 1. The van der Waals surface area contributed by atoms with E-state index in [0.29, 0.717) is 22.0 Å². The number of nitrogens with zero attached hydrogens (tertiary/aromatic N) is 2. The molecule has 2 N–H and O–H groups in total. The minimum absolute atomic E-state index is 0.238. The van der Waals surface area contributed by atoms with E-state index in [9.17, 15) is 13.2 Å². The van der Waals surface area contributed by atoms with E-state index in [0.717, 1.165) is 11.9 Å². The average Bonchev–Trinajstić information content (AvgIpc) is 2.93. The first-order chi connectivity index (χ1) is 11.8. The molecular formula is C16H15ClN4O3S. The summed E-state index contributed by atoms with van der Waals surface area (Å²) in [6, 6.07) is 9.78. The summed E-state index contributed by atoms with van der Waals surface area (Å²) in [6.07, 6.45) is 4.56. The first-order valence-corrected chi connectivity index (χ1v) is 9.56. The minimum atomic E-state index is -3.40. The summed E-state index contributed by atoms with van der Waals surface area (Å²) in [4.78, 5) is 16.6. The molecule has 0 bridgehead atoms. The lowest BCUT2D eigenvalue weighted by Gasteiger charge is -2.07. The maximum absolute atomic E-state index is 12.3. The van der Waals surface area contributed by atoms with Gasteiger partial charge in [-0.15, -0.1) is 0 Å². The fourth-order valence-electron chi connectivity index (χ4n) is 2.31. The number of sulfonamides is 1. The molecule has 0 saturated carbocycles. The molecule has 2 heterocycles. The van der Waals surface area contributed by atoms with Crippen molar-refractivity contribution in [1.29, 1.82) is 0 Å². The topological polar surface area (TPSA) is 92.6 Å². The van der Waals surface area contributed by atoms with Gasteiger partial charge in [-0.2, -0.15) is 0 Å². The molecular weight excluding hydrogens is 364 g/mol. The van der Waals surface area contributed by atoms with Gasteiger partial charge in [0, 0.05) is 23.6 Å². The standard InChI is InChI=1S/C16H15ClN4O3S/c1-25(23,24)20-13-4-2-3-11(7-13)16(22)18-8-14-10-21-9-12(17)5-6-15(21)19-14/h2-7,9-10,20H,8H2,1H3,(H,18,22). The molecule has 7 nitrogen and oxygen atoms in total. The Morgan fingerprint density at radius 1 is 1.24 bits per heavy atom. The van der Waals surface area contributed by atoms with Gasteiger partial charge in [0.15, 0.2) is 0 Å². The summed E-state index contributed by atoms with van der Waals surface area (Å²) in [5, 5.41) is 3.35. The van der Waals surface area contributed by atoms with Gasteiger partial charge < -0.3 is 9.72 Å². The third-order valence-electron chi connectivity index (χ3n) is 3.32. The monoisotopic (exact) mass is 378 g/mol. The zero-order valence-corrected chi connectivity index (χ0v) is 14.8. The summed E-state index contributed by atoms with van der Waals surface area (Å²) in [5.41, 5.74) is 2.09. The molecule has 0 aliphatic heterocycles. The molecule has 0 atom stereocenters. The van der Waals surface area contributed by atoms with Crippen LogP contribution in [-0.2, 0) is 16.6 Å². The Labute approximate surface area is 149 Å². The number of fused-ring (bicyclic) bond motifs is 1. The fraction of sp³-hybridized carbons (Fsp3) is 0.125. The summed E-state index contributed by atoms with van der Waals surface area (Å²) in [7, 11) is -3.40. The van der Waals surface area contributed by atoms with Crippen molar-refractivity contribution >= 4 is 38.9 Å². The molecule has 130 valence electrons. The second-order valence-corrected chi connectivity index (χ2v) is 7.67. The fourth-order valence-corrected chi connectivity index (χ4v) is 3.04. The molecule has 3 rings (SSSR count). The molecule has 2 aromatic heterocycles. The SMILES string of the molecule is CS(=O)(=O)Nc1cccc(C(=O)NCc2cn3cc(Cl)ccc3n2)c1. The van der Waals surface area contributed by atoms with Gasteiger partial charge in [0.2, 0.25) is 10.0 Å². The number of benzene rings is 1. The van der Waals surface area contributed by atoms with Crippen LogP contribution in [0.4, 0.5) is 5.69 Å². The van der Waals surface area contributed by atoms with Crippen molar-refractivity contribution in [3.63, 3.8) is 0 Å². The average molecular weight is 379 g/mol. The van der Waals surface area contributed by atoms with Crippen molar-refractivity contribution in [3.05, 3.63) is 65.1 Å². The van der Waals surface area contributed by atoms with Crippen molar-refractivity contribution in [2.45, 2.75) is 6.54 Å². The van der Waals surface area contributed by atoms with Gasteiger partial charge >= 0.3 is 0 Å². The van der Waals surface area contributed by atoms with Crippen molar-refractivity contribution in [2.24, 2.45) is 0 Å². The van der Waals surface area contributed by atoms with Crippen molar-refractivity contribution in [2.75, 3.05) is 11.0 Å². The number of pyridine rings is 1. The van der Waals surface area contributed by atoms with Gasteiger partial charge in [-0.3, -0.25) is 9.52 Å². The Morgan fingerprint density at radius 3 is 2.80 bits per heavy atom. The second kappa shape index (κ2) is 6.73. The minimum Gasteiger partial charge on any atom is -0.346 e. The van der Waals surface area contributed by atoms with Crippen LogP contribution >= 0.6 is 11.6 Å². The zero-order chi connectivity index (χ0) is 18.0. The molecule has 1 aromatic carbocycles. The van der Waals surface area contributed by atoms with Crippen molar-refractivity contribution in [3.8, 4) is 0 Å². The van der Waals surface area contributed by atoms with Crippen LogP contribution in [0.1, 0.15) is 16.1 Å². The van der Waals surface area contributed by atoms with Gasteiger partial charge in [0.05, 0.1) is 23.5 Å². The molecule has 0 aliphatic carbocycles. The van der Waals surface area contributed by atoms with Crippen LogP contribution in [0.5, 0.6) is 0 Å². The molecule has 3 aromatic rings. The van der Waals surface area contributed by atoms with Crippen LogP contribution in [0.15, 0.2) is 48.8 Å². The number of carbonyl (C=O) groups is 1. The molecule has 0 radical (unpaired) electrons. The van der Waals surface area contributed by atoms with Gasteiger partial charge in [-0.1, -0.05) is 17.7 Å². The highest BCUT2D eigenvalue weighted by molar-refractivity contribution is 7.92. The largest absolute Gasteiger partial charge is 0.346 e. The number of halogens is 1. The second-order valence-electron chi connectivity index (χ2n) is 5.48. The van der Waals surface area contributed by atoms with Crippen LogP contribution in [0.3, 0.4) is 0 Å². The quantitative estimate of drug-likeness (QED) is 0.712. The van der Waals surface area contributed by atoms with Gasteiger partial charge in [-0.25, -0.2) is 13.4 Å². The van der Waals surface area contributed by atoms with E-state index < -0.39 is 10.0 Å². The summed E-state index contributed by atoms with van der Waals surface area (Å²) in [6.45, 7) is 0.238. The van der Waals surface area contributed by atoms with E-state index in [1.54, 1.807) is 47.1 Å². The zero-order valence-electron chi connectivity index (χ0n) is 13.2. The smallest absolute Gasteiger partial charge is 0.251 e. The summed E-state index contributed by atoms with van der Waals surface area (Å²) >= 11 is 5.93. The highest BCUT2D eigenvalue weighted by atomic mass is 35.5. The molecule has 0 unspecified atom stereocenters. The Bertz CT molecular complexity index is 1050. The Hall–Kier alpha value is -2.58. The maximum Gasteiger partial charge on any atom is 0.251 e. The lowest BCUT2D eigenvalue weighted by molar-refractivity contribution is 0.0950. The van der Waals surface area contributed by atoms with Crippen LogP contribution in [0, 0.1) is 0 Å². The number of nitrogens with one attached hydrogen (secondary N) is 2. The van der Waals surface area contributed by atoms with Crippen molar-refractivity contribution < 1.29 is 13.2 Å². The molecule has 0 saturated heterocycles. The molecule has 1 amide bonds. The molecule has 9 heteroatoms. The summed E-state index contributed by atoms with van der Waals surface area (Å²) in [5.74, 6) is -0.327. The number of rotatable bonds is 5. The van der Waals surface area contributed by atoms with Crippen LogP contribution in [0.25, 0.3) is 5.65 Å². The number of carbonyl (C=O) groups excluding carboxylic acids is 1. The van der Waals surface area contributed by atoms with Crippen molar-refractivity contribution in [1.82, 2.24) is 14.7 Å². The lowest BCUT2D eigenvalue weighted by atomic mass is 10.2. The van der Waals surface area contributed by atoms with E-state index in [-0.39, 0.29) is 12.5 Å². The molecule has 0 spiro atoms. The van der Waals surface area contributed by atoms with E-state index >= 15 is 0 Å². The molecule has 0 aliphatic rings. The predicted molar refractivity (Wildman–Crippen MR) is 96.3 cm³/mol. The Morgan fingerprint density at radius 2 is 2.04 bits per heavy atom. The van der Waals surface area contributed by atoms with Gasteiger partial charge in [-0.05, 0) is 30.3 Å². The third-order valence-corrected chi connectivity index (χ3v) is 4.15. The number of aromatic nitrogens is 2. The van der Waals surface area contributed by atoms with Gasteiger partial charge in [0.25, 0.3) is 5.91 Å². The van der Waals surface area contributed by atoms with Gasteiger partial charge in [0.1, 0.15) is 5.65 Å².